The van der Waals surface area contributed by atoms with Gasteiger partial charge in [-0.25, -0.2) is 0 Å². The molecule has 1 fully saturated rings. The van der Waals surface area contributed by atoms with Crippen molar-refractivity contribution in [3.8, 4) is 0 Å². The molecule has 1 aliphatic rings. The average Bonchev–Trinajstić information content (AvgIpc) is 2.49. The van der Waals surface area contributed by atoms with Crippen LogP contribution >= 0.6 is 12.2 Å². The molecule has 0 saturated carbocycles. The summed E-state index contributed by atoms with van der Waals surface area (Å²) >= 11 is 5.30. The Kier molecular flexibility index (Phi) is 6.81. The number of piperidine rings is 1. The zero-order valence-electron chi connectivity index (χ0n) is 12.2. The molecule has 1 aliphatic heterocycles. The number of nitrogens with one attached hydrogen (secondary N) is 3. The van der Waals surface area contributed by atoms with Crippen LogP contribution in [0.5, 0.6) is 0 Å². The lowest BCUT2D eigenvalue weighted by Crippen LogP contribution is -3.13. The lowest BCUT2D eigenvalue weighted by Gasteiger charge is -2.23. The van der Waals surface area contributed by atoms with Gasteiger partial charge in [0.2, 0.25) is 0 Å². The molecule has 3 N–H and O–H groups in total. The van der Waals surface area contributed by atoms with Crippen molar-refractivity contribution in [1.29, 1.82) is 0 Å². The largest absolute Gasteiger partial charge is 0.362 e. The predicted molar refractivity (Wildman–Crippen MR) is 88.2 cm³/mol. The van der Waals surface area contributed by atoms with Gasteiger partial charge in [0.25, 0.3) is 0 Å². The van der Waals surface area contributed by atoms with E-state index in [0.717, 1.165) is 24.6 Å². The molecule has 0 amide bonds. The summed E-state index contributed by atoms with van der Waals surface area (Å²) in [6.45, 7) is 5.71. The van der Waals surface area contributed by atoms with E-state index >= 15 is 0 Å². The van der Waals surface area contributed by atoms with Gasteiger partial charge in [-0.15, -0.1) is 0 Å². The lowest BCUT2D eigenvalue weighted by atomic mass is 10.1. The van der Waals surface area contributed by atoms with Crippen LogP contribution in [0, 0.1) is 0 Å². The molecule has 0 unspecified atom stereocenters. The summed E-state index contributed by atoms with van der Waals surface area (Å²) in [5.41, 5.74) is 1.35. The van der Waals surface area contributed by atoms with Gasteiger partial charge in [-0.1, -0.05) is 30.3 Å². The van der Waals surface area contributed by atoms with E-state index in [1.54, 1.807) is 4.90 Å². The highest BCUT2D eigenvalue weighted by Crippen LogP contribution is 1.98. The van der Waals surface area contributed by atoms with E-state index in [0.29, 0.717) is 0 Å². The van der Waals surface area contributed by atoms with Crippen LogP contribution in [0.1, 0.15) is 24.8 Å². The first-order valence-electron chi connectivity index (χ1n) is 7.74. The van der Waals surface area contributed by atoms with Crippen molar-refractivity contribution in [2.75, 3.05) is 32.7 Å². The summed E-state index contributed by atoms with van der Waals surface area (Å²) in [4.78, 5) is 1.72. The first kappa shape index (κ1) is 15.3. The van der Waals surface area contributed by atoms with E-state index in [1.807, 2.05) is 6.07 Å². The van der Waals surface area contributed by atoms with E-state index in [4.69, 9.17) is 12.2 Å². The summed E-state index contributed by atoms with van der Waals surface area (Å²) < 4.78 is 0. The number of quaternary nitrogens is 1. The van der Waals surface area contributed by atoms with Crippen molar-refractivity contribution in [3.05, 3.63) is 35.9 Å². The van der Waals surface area contributed by atoms with Crippen LogP contribution < -0.4 is 15.5 Å². The second-order valence-corrected chi connectivity index (χ2v) is 5.89. The van der Waals surface area contributed by atoms with E-state index in [2.05, 4.69) is 34.9 Å². The van der Waals surface area contributed by atoms with Gasteiger partial charge in [0.05, 0.1) is 26.2 Å². The van der Waals surface area contributed by atoms with Crippen molar-refractivity contribution in [2.24, 2.45) is 0 Å². The standard InChI is InChI=1S/C16H25N3S/c20-16(17-10-9-15-7-3-1-4-8-15)18-11-14-19-12-5-2-6-13-19/h1,3-4,7-8H,2,5-6,9-14H2,(H2,17,18,20)/p+1. The quantitative estimate of drug-likeness (QED) is 0.676. The summed E-state index contributed by atoms with van der Waals surface area (Å²) in [5, 5.41) is 7.38. The third kappa shape index (κ3) is 5.88. The average molecular weight is 292 g/mol. The Hall–Kier alpha value is -1.13. The zero-order valence-corrected chi connectivity index (χ0v) is 13.0. The first-order chi connectivity index (χ1) is 9.84. The fourth-order valence-electron chi connectivity index (χ4n) is 2.68. The van der Waals surface area contributed by atoms with Crippen molar-refractivity contribution in [3.63, 3.8) is 0 Å². The number of likely N-dealkylation sites (tertiary alicyclic amines) is 1. The van der Waals surface area contributed by atoms with E-state index < -0.39 is 0 Å². The van der Waals surface area contributed by atoms with Crippen LogP contribution in [0.3, 0.4) is 0 Å². The first-order valence-corrected chi connectivity index (χ1v) is 8.14. The van der Waals surface area contributed by atoms with E-state index in [-0.39, 0.29) is 0 Å². The van der Waals surface area contributed by atoms with Gasteiger partial charge in [-0.05, 0) is 43.5 Å². The highest BCUT2D eigenvalue weighted by Gasteiger charge is 2.12. The number of hydrogen-bond acceptors (Lipinski definition) is 1. The molecule has 1 aromatic carbocycles. The molecule has 1 heterocycles. The third-order valence-corrected chi connectivity index (χ3v) is 4.16. The number of rotatable bonds is 6. The molecule has 0 aromatic heterocycles. The summed E-state index contributed by atoms with van der Waals surface area (Å²) in [6, 6.07) is 10.5. The van der Waals surface area contributed by atoms with Gasteiger partial charge in [-0.3, -0.25) is 0 Å². The maximum absolute atomic E-state index is 5.30. The summed E-state index contributed by atoms with van der Waals surface area (Å²) in [6.07, 6.45) is 5.20. The van der Waals surface area contributed by atoms with Gasteiger partial charge in [0.1, 0.15) is 0 Å². The Labute approximate surface area is 127 Å². The van der Waals surface area contributed by atoms with Gasteiger partial charge in [-0.2, -0.15) is 0 Å². The molecule has 1 aromatic rings. The molecule has 0 bridgehead atoms. The molecule has 0 spiro atoms. The highest BCUT2D eigenvalue weighted by atomic mass is 32.1. The van der Waals surface area contributed by atoms with Crippen LogP contribution in [-0.4, -0.2) is 37.8 Å². The summed E-state index contributed by atoms with van der Waals surface area (Å²) in [5.74, 6) is 0. The topological polar surface area (TPSA) is 28.5 Å². The number of thiocarbonyl (C=S) groups is 1. The fourth-order valence-corrected chi connectivity index (χ4v) is 2.89. The number of benzene rings is 1. The minimum absolute atomic E-state index is 0.789. The molecule has 4 heteroatoms. The minimum atomic E-state index is 0.789. The Morgan fingerprint density at radius 3 is 2.45 bits per heavy atom. The molecular weight excluding hydrogens is 266 g/mol. The van der Waals surface area contributed by atoms with E-state index in [9.17, 15) is 0 Å². The van der Waals surface area contributed by atoms with Crippen LogP contribution in [0.15, 0.2) is 30.3 Å². The minimum Gasteiger partial charge on any atom is -0.362 e. The Morgan fingerprint density at radius 1 is 1.00 bits per heavy atom. The molecule has 0 atom stereocenters. The fraction of sp³-hybridized carbons (Fsp3) is 0.562. The van der Waals surface area contributed by atoms with Crippen molar-refractivity contribution < 1.29 is 4.90 Å². The highest BCUT2D eigenvalue weighted by molar-refractivity contribution is 7.80. The van der Waals surface area contributed by atoms with Crippen LogP contribution in [0.2, 0.25) is 0 Å². The van der Waals surface area contributed by atoms with Gasteiger partial charge >= 0.3 is 0 Å². The second-order valence-electron chi connectivity index (χ2n) is 5.48. The smallest absolute Gasteiger partial charge is 0.166 e. The van der Waals surface area contributed by atoms with Gasteiger partial charge in [0, 0.05) is 6.54 Å². The van der Waals surface area contributed by atoms with Gasteiger partial charge in [0.15, 0.2) is 5.11 Å². The predicted octanol–water partition coefficient (Wildman–Crippen LogP) is 0.762. The van der Waals surface area contributed by atoms with Crippen LogP contribution in [-0.2, 0) is 6.42 Å². The van der Waals surface area contributed by atoms with Crippen LogP contribution in [0.4, 0.5) is 0 Å². The number of hydrogen-bond donors (Lipinski definition) is 3. The lowest BCUT2D eigenvalue weighted by molar-refractivity contribution is -0.903. The second kappa shape index (κ2) is 8.93. The molecule has 1 saturated heterocycles. The summed E-state index contributed by atoms with van der Waals surface area (Å²) in [7, 11) is 0. The van der Waals surface area contributed by atoms with Crippen molar-refractivity contribution >= 4 is 17.3 Å². The molecule has 2 rings (SSSR count). The normalized spacial score (nSPS) is 15.8. The van der Waals surface area contributed by atoms with Crippen LogP contribution in [0.25, 0.3) is 0 Å². The zero-order chi connectivity index (χ0) is 14.0. The van der Waals surface area contributed by atoms with Crippen molar-refractivity contribution in [2.45, 2.75) is 25.7 Å². The van der Waals surface area contributed by atoms with E-state index in [1.165, 1.54) is 44.5 Å². The molecule has 110 valence electrons. The Bertz CT molecular complexity index is 388. The molecule has 0 aliphatic carbocycles. The maximum Gasteiger partial charge on any atom is 0.166 e. The Morgan fingerprint density at radius 2 is 1.70 bits per heavy atom. The monoisotopic (exact) mass is 292 g/mol. The maximum atomic E-state index is 5.30. The third-order valence-electron chi connectivity index (χ3n) is 3.87. The molecule has 0 radical (unpaired) electrons. The molecular formula is C16H26N3S+. The molecule has 3 nitrogen and oxygen atoms in total. The van der Waals surface area contributed by atoms with Crippen molar-refractivity contribution in [1.82, 2.24) is 10.6 Å². The molecule has 20 heavy (non-hydrogen) atoms. The van der Waals surface area contributed by atoms with Gasteiger partial charge < -0.3 is 15.5 Å². The SMILES string of the molecule is S=C(NCCc1ccccc1)NCC[NH+]1CCCCC1. The Balaban J connectivity index is 1.52.